The smallest absolute Gasteiger partial charge is 0.354 e. The summed E-state index contributed by atoms with van der Waals surface area (Å²) < 4.78 is 0. The summed E-state index contributed by atoms with van der Waals surface area (Å²) >= 11 is 0. The van der Waals surface area contributed by atoms with Gasteiger partial charge in [0.05, 0.1) is 0 Å². The molecule has 1 aromatic rings. The van der Waals surface area contributed by atoms with Gasteiger partial charge in [0.15, 0.2) is 0 Å². The van der Waals surface area contributed by atoms with Gasteiger partial charge in [-0.1, -0.05) is 12.6 Å². The van der Waals surface area contributed by atoms with Gasteiger partial charge in [0.25, 0.3) is 0 Å². The highest BCUT2D eigenvalue weighted by atomic mass is 16.4. The summed E-state index contributed by atoms with van der Waals surface area (Å²) in [5.41, 5.74) is 0.257. The van der Waals surface area contributed by atoms with Crippen molar-refractivity contribution in [1.29, 1.82) is 0 Å². The van der Waals surface area contributed by atoms with E-state index >= 15 is 0 Å². The summed E-state index contributed by atoms with van der Waals surface area (Å²) in [6.45, 7) is 4.60. The van der Waals surface area contributed by atoms with Crippen LogP contribution in [0.2, 0.25) is 0 Å². The highest BCUT2D eigenvalue weighted by Crippen LogP contribution is 1.90. The number of aliphatic carboxylic acids is 1. The van der Waals surface area contributed by atoms with Crippen molar-refractivity contribution in [3.63, 3.8) is 0 Å². The summed E-state index contributed by atoms with van der Waals surface area (Å²) in [4.78, 5) is 23.3. The Hall–Kier alpha value is -2.17. The Kier molecular flexibility index (Phi) is 5.40. The highest BCUT2D eigenvalue weighted by molar-refractivity contribution is 5.85. The van der Waals surface area contributed by atoms with Crippen LogP contribution in [0, 0.1) is 0 Å². The normalized spacial score (nSPS) is 8.33. The van der Waals surface area contributed by atoms with E-state index < -0.39 is 11.9 Å². The average Bonchev–Trinajstić information content (AvgIpc) is 2.20. The van der Waals surface area contributed by atoms with Gasteiger partial charge in [-0.25, -0.2) is 14.6 Å². The van der Waals surface area contributed by atoms with Gasteiger partial charge < -0.3 is 10.2 Å². The average molecular weight is 209 g/mol. The number of pyridine rings is 1. The highest BCUT2D eigenvalue weighted by Gasteiger charge is 1.98. The number of rotatable bonds is 2. The zero-order valence-corrected chi connectivity index (χ0v) is 8.17. The van der Waals surface area contributed by atoms with E-state index in [1.165, 1.54) is 19.2 Å². The van der Waals surface area contributed by atoms with E-state index in [0.717, 1.165) is 0 Å². The molecule has 1 rings (SSSR count). The Morgan fingerprint density at radius 2 is 1.87 bits per heavy atom. The summed E-state index contributed by atoms with van der Waals surface area (Å²) in [5.74, 6) is -1.93. The van der Waals surface area contributed by atoms with E-state index in [9.17, 15) is 9.59 Å². The fraction of sp³-hybridized carbons (Fsp3) is 0.100. The maximum absolute atomic E-state index is 10.1. The first-order valence-corrected chi connectivity index (χ1v) is 3.98. The molecule has 0 spiro atoms. The van der Waals surface area contributed by atoms with Crippen molar-refractivity contribution >= 4 is 11.9 Å². The molecule has 0 saturated heterocycles. The van der Waals surface area contributed by atoms with E-state index in [1.807, 2.05) is 0 Å². The molecule has 0 bridgehead atoms. The molecule has 0 aliphatic rings. The number of carbonyl (C=O) groups is 2. The molecule has 0 saturated carbocycles. The molecule has 5 nitrogen and oxygen atoms in total. The molecule has 5 heteroatoms. The van der Waals surface area contributed by atoms with E-state index in [0.29, 0.717) is 0 Å². The minimum atomic E-state index is -0.990. The first-order chi connectivity index (χ1) is 6.95. The van der Waals surface area contributed by atoms with Crippen molar-refractivity contribution in [3.05, 3.63) is 42.2 Å². The molecule has 15 heavy (non-hydrogen) atoms. The summed E-state index contributed by atoms with van der Waals surface area (Å²) in [6.07, 6.45) is 1.45. The molecule has 0 aliphatic heterocycles. The van der Waals surface area contributed by atoms with Gasteiger partial charge in [-0.2, -0.15) is 0 Å². The fourth-order valence-corrected chi connectivity index (χ4v) is 0.489. The second-order valence-corrected chi connectivity index (χ2v) is 2.61. The molecular formula is C10H11NO4. The molecule has 2 N–H and O–H groups in total. The van der Waals surface area contributed by atoms with E-state index in [4.69, 9.17) is 10.2 Å². The first-order valence-electron chi connectivity index (χ1n) is 3.98. The van der Waals surface area contributed by atoms with Gasteiger partial charge in [-0.05, 0) is 19.1 Å². The predicted octanol–water partition coefficient (Wildman–Crippen LogP) is 1.43. The van der Waals surface area contributed by atoms with Crippen LogP contribution in [0.3, 0.4) is 0 Å². The van der Waals surface area contributed by atoms with Crippen LogP contribution in [-0.2, 0) is 4.79 Å². The monoisotopic (exact) mass is 209 g/mol. The molecule has 0 unspecified atom stereocenters. The van der Waals surface area contributed by atoms with Crippen molar-refractivity contribution in [1.82, 2.24) is 4.98 Å². The number of carboxylic acids is 2. The quantitative estimate of drug-likeness (QED) is 0.719. The van der Waals surface area contributed by atoms with Crippen LogP contribution in [0.25, 0.3) is 0 Å². The van der Waals surface area contributed by atoms with Gasteiger partial charge in [-0.15, -0.1) is 0 Å². The lowest BCUT2D eigenvalue weighted by molar-refractivity contribution is -0.132. The van der Waals surface area contributed by atoms with Crippen molar-refractivity contribution in [2.75, 3.05) is 0 Å². The van der Waals surface area contributed by atoms with Gasteiger partial charge in [0, 0.05) is 11.8 Å². The second-order valence-electron chi connectivity index (χ2n) is 2.61. The van der Waals surface area contributed by atoms with Crippen molar-refractivity contribution in [3.8, 4) is 0 Å². The molecule has 0 aromatic carbocycles. The van der Waals surface area contributed by atoms with Crippen LogP contribution in [0.5, 0.6) is 0 Å². The van der Waals surface area contributed by atoms with Crippen LogP contribution in [-0.4, -0.2) is 27.1 Å². The Balaban J connectivity index is 0.000000288. The molecular weight excluding hydrogens is 198 g/mol. The standard InChI is InChI=1S/C6H5NO2.C4H6O2/c8-6(9)5-3-1-2-4-7-5;1-3(2)4(5)6/h1-4H,(H,8,9);1H2,2H3,(H,5,6). The number of carboxylic acid groups (broad SMARTS) is 2. The number of aromatic nitrogens is 1. The molecule has 0 fully saturated rings. The van der Waals surface area contributed by atoms with Crippen LogP contribution in [0.1, 0.15) is 17.4 Å². The Morgan fingerprint density at radius 1 is 1.33 bits per heavy atom. The van der Waals surface area contributed by atoms with Crippen molar-refractivity contribution < 1.29 is 19.8 Å². The second kappa shape index (κ2) is 6.31. The number of hydrogen-bond donors (Lipinski definition) is 2. The minimum Gasteiger partial charge on any atom is -0.478 e. The fourth-order valence-electron chi connectivity index (χ4n) is 0.489. The largest absolute Gasteiger partial charge is 0.478 e. The molecule has 1 aromatic heterocycles. The third-order valence-electron chi connectivity index (χ3n) is 1.25. The van der Waals surface area contributed by atoms with E-state index in [2.05, 4.69) is 11.6 Å². The van der Waals surface area contributed by atoms with Gasteiger partial charge in [0.1, 0.15) is 5.69 Å². The molecule has 80 valence electrons. The SMILES string of the molecule is C=C(C)C(=O)O.O=C(O)c1ccccn1. The maximum atomic E-state index is 10.1. The third kappa shape index (κ3) is 5.98. The zero-order valence-electron chi connectivity index (χ0n) is 8.17. The molecule has 0 amide bonds. The summed E-state index contributed by atoms with van der Waals surface area (Å²) in [7, 11) is 0. The van der Waals surface area contributed by atoms with Gasteiger partial charge in [0.2, 0.25) is 0 Å². The number of hydrogen-bond acceptors (Lipinski definition) is 3. The minimum absolute atomic E-state index is 0.0810. The third-order valence-corrected chi connectivity index (χ3v) is 1.25. The van der Waals surface area contributed by atoms with Crippen LogP contribution in [0.4, 0.5) is 0 Å². The predicted molar refractivity (Wildman–Crippen MR) is 53.6 cm³/mol. The zero-order chi connectivity index (χ0) is 11.8. The molecule has 0 aliphatic carbocycles. The molecule has 0 radical (unpaired) electrons. The van der Waals surface area contributed by atoms with E-state index in [-0.39, 0.29) is 11.3 Å². The van der Waals surface area contributed by atoms with Crippen molar-refractivity contribution in [2.24, 2.45) is 0 Å². The van der Waals surface area contributed by atoms with Gasteiger partial charge >= 0.3 is 11.9 Å². The molecule has 0 atom stereocenters. The first kappa shape index (κ1) is 12.8. The lowest BCUT2D eigenvalue weighted by Gasteiger charge is -1.87. The van der Waals surface area contributed by atoms with Gasteiger partial charge in [-0.3, -0.25) is 0 Å². The summed E-state index contributed by atoms with van der Waals surface area (Å²) in [5, 5.41) is 16.2. The van der Waals surface area contributed by atoms with Crippen molar-refractivity contribution in [2.45, 2.75) is 6.92 Å². The summed E-state index contributed by atoms with van der Waals surface area (Å²) in [6, 6.07) is 4.76. The lowest BCUT2D eigenvalue weighted by atomic mass is 10.4. The number of aromatic carboxylic acids is 1. The van der Waals surface area contributed by atoms with E-state index in [1.54, 1.807) is 12.1 Å². The maximum Gasteiger partial charge on any atom is 0.354 e. The topological polar surface area (TPSA) is 87.5 Å². The lowest BCUT2D eigenvalue weighted by Crippen LogP contribution is -1.97. The van der Waals surface area contributed by atoms with Crippen LogP contribution < -0.4 is 0 Å². The Labute approximate surface area is 86.7 Å². The number of nitrogens with zero attached hydrogens (tertiary/aromatic N) is 1. The van der Waals surface area contributed by atoms with Crippen LogP contribution in [0.15, 0.2) is 36.5 Å². The molecule has 1 heterocycles. The van der Waals surface area contributed by atoms with Crippen LogP contribution >= 0.6 is 0 Å². The Bertz CT molecular complexity index is 347. The Morgan fingerprint density at radius 3 is 2.07 bits per heavy atom.